The molecule has 1 aromatic carbocycles. The van der Waals surface area contributed by atoms with Gasteiger partial charge in [-0.1, -0.05) is 44.2 Å². The Morgan fingerprint density at radius 1 is 1.40 bits per heavy atom. The van der Waals surface area contributed by atoms with E-state index in [9.17, 15) is 4.79 Å². The second-order valence-electron chi connectivity index (χ2n) is 5.59. The summed E-state index contributed by atoms with van der Waals surface area (Å²) in [4.78, 5) is 12.1. The van der Waals surface area contributed by atoms with Crippen LogP contribution in [0.1, 0.15) is 26.3 Å². The first-order valence-electron chi connectivity index (χ1n) is 6.69. The lowest BCUT2D eigenvalue weighted by molar-refractivity contribution is -0.123. The maximum absolute atomic E-state index is 12.1. The van der Waals surface area contributed by atoms with Gasteiger partial charge in [0.05, 0.1) is 6.04 Å². The predicted octanol–water partition coefficient (Wildman–Crippen LogP) is 2.55. The van der Waals surface area contributed by atoms with E-state index in [2.05, 4.69) is 43.5 Å². The standard InChI is InChI=1S/C15H22N2OS.ClH/c1-11(17-14(18)13-9-19-10-16-13)15(2,3)12-7-5-4-6-8-12;/h4-8,11,13,16H,9-10H2,1-3H3,(H,17,18);1H. The highest BCUT2D eigenvalue weighted by atomic mass is 35.5. The lowest BCUT2D eigenvalue weighted by Crippen LogP contribution is -2.51. The van der Waals surface area contributed by atoms with Gasteiger partial charge in [0.15, 0.2) is 0 Å². The zero-order valence-corrected chi connectivity index (χ0v) is 13.8. The molecule has 2 atom stereocenters. The molecule has 2 rings (SSSR count). The highest BCUT2D eigenvalue weighted by Crippen LogP contribution is 2.27. The minimum atomic E-state index is -0.0807. The van der Waals surface area contributed by atoms with Crippen LogP contribution in [-0.2, 0) is 10.2 Å². The summed E-state index contributed by atoms with van der Waals surface area (Å²) in [6.07, 6.45) is 0. The molecule has 0 aliphatic carbocycles. The Morgan fingerprint density at radius 3 is 2.60 bits per heavy atom. The fraction of sp³-hybridized carbons (Fsp3) is 0.533. The largest absolute Gasteiger partial charge is 0.351 e. The summed E-state index contributed by atoms with van der Waals surface area (Å²) < 4.78 is 0. The van der Waals surface area contributed by atoms with Crippen LogP contribution in [0.25, 0.3) is 0 Å². The maximum atomic E-state index is 12.1. The molecule has 1 aliphatic rings. The molecular weight excluding hydrogens is 292 g/mol. The Labute approximate surface area is 131 Å². The van der Waals surface area contributed by atoms with E-state index in [-0.39, 0.29) is 35.8 Å². The normalized spacial score (nSPS) is 20.1. The van der Waals surface area contributed by atoms with E-state index < -0.39 is 0 Å². The highest BCUT2D eigenvalue weighted by molar-refractivity contribution is 7.99. The Balaban J connectivity index is 0.00000200. The molecule has 2 N–H and O–H groups in total. The SMILES string of the molecule is CC(NC(=O)C1CSCN1)C(C)(C)c1ccccc1.Cl. The average molecular weight is 315 g/mol. The molecule has 1 aliphatic heterocycles. The van der Waals surface area contributed by atoms with E-state index in [1.54, 1.807) is 11.8 Å². The summed E-state index contributed by atoms with van der Waals surface area (Å²) in [5.74, 6) is 1.85. The first-order chi connectivity index (χ1) is 9.01. The lowest BCUT2D eigenvalue weighted by atomic mass is 9.78. The molecule has 1 fully saturated rings. The summed E-state index contributed by atoms with van der Waals surface area (Å²) in [5, 5.41) is 6.35. The molecule has 0 radical (unpaired) electrons. The minimum absolute atomic E-state index is 0. The zero-order chi connectivity index (χ0) is 13.9. The Bertz CT molecular complexity index is 433. The maximum Gasteiger partial charge on any atom is 0.238 e. The van der Waals surface area contributed by atoms with Gasteiger partial charge in [-0.3, -0.25) is 10.1 Å². The molecule has 3 nitrogen and oxygen atoms in total. The van der Waals surface area contributed by atoms with Gasteiger partial charge in [0, 0.05) is 23.1 Å². The highest BCUT2D eigenvalue weighted by Gasteiger charge is 2.31. The van der Waals surface area contributed by atoms with Gasteiger partial charge >= 0.3 is 0 Å². The fourth-order valence-electron chi connectivity index (χ4n) is 2.18. The van der Waals surface area contributed by atoms with Gasteiger partial charge in [0.1, 0.15) is 0 Å². The van der Waals surface area contributed by atoms with Crippen LogP contribution in [0.15, 0.2) is 30.3 Å². The van der Waals surface area contributed by atoms with Crippen molar-refractivity contribution in [1.82, 2.24) is 10.6 Å². The van der Waals surface area contributed by atoms with Crippen molar-refractivity contribution < 1.29 is 4.79 Å². The lowest BCUT2D eigenvalue weighted by Gasteiger charge is -2.33. The molecule has 1 saturated heterocycles. The van der Waals surface area contributed by atoms with Gasteiger partial charge in [-0.05, 0) is 12.5 Å². The molecule has 0 spiro atoms. The van der Waals surface area contributed by atoms with Crippen LogP contribution in [-0.4, -0.2) is 29.6 Å². The van der Waals surface area contributed by atoms with Crippen LogP contribution >= 0.6 is 24.2 Å². The van der Waals surface area contributed by atoms with Crippen molar-refractivity contribution in [2.45, 2.75) is 38.3 Å². The van der Waals surface area contributed by atoms with Crippen molar-refractivity contribution >= 4 is 30.1 Å². The number of amides is 1. The number of nitrogens with one attached hydrogen (secondary N) is 2. The molecule has 20 heavy (non-hydrogen) atoms. The van der Waals surface area contributed by atoms with Gasteiger partial charge in [-0.2, -0.15) is 0 Å². The van der Waals surface area contributed by atoms with E-state index in [1.165, 1.54) is 5.56 Å². The van der Waals surface area contributed by atoms with Gasteiger partial charge in [0.25, 0.3) is 0 Å². The number of thioether (sulfide) groups is 1. The number of hydrogen-bond acceptors (Lipinski definition) is 3. The molecule has 0 aromatic heterocycles. The number of carbonyl (C=O) groups is 1. The summed E-state index contributed by atoms with van der Waals surface area (Å²) >= 11 is 1.77. The second kappa shape index (κ2) is 7.34. The van der Waals surface area contributed by atoms with Crippen molar-refractivity contribution in [3.05, 3.63) is 35.9 Å². The van der Waals surface area contributed by atoms with Crippen molar-refractivity contribution in [1.29, 1.82) is 0 Å². The Kier molecular flexibility index (Phi) is 6.37. The second-order valence-corrected chi connectivity index (χ2v) is 6.62. The number of benzene rings is 1. The van der Waals surface area contributed by atoms with E-state index in [0.717, 1.165) is 11.6 Å². The van der Waals surface area contributed by atoms with Crippen LogP contribution in [0, 0.1) is 0 Å². The smallest absolute Gasteiger partial charge is 0.238 e. The molecule has 1 aromatic rings. The van der Waals surface area contributed by atoms with Crippen LogP contribution in [0.3, 0.4) is 0 Å². The molecular formula is C15H23ClN2OS. The molecule has 0 bridgehead atoms. The van der Waals surface area contributed by atoms with E-state index in [0.29, 0.717) is 0 Å². The number of hydrogen-bond donors (Lipinski definition) is 2. The van der Waals surface area contributed by atoms with Crippen molar-refractivity contribution in [2.75, 3.05) is 11.6 Å². The first kappa shape index (κ1) is 17.3. The third-order valence-electron chi connectivity index (χ3n) is 3.99. The van der Waals surface area contributed by atoms with Crippen LogP contribution in [0.4, 0.5) is 0 Å². The Hall–Kier alpha value is -0.710. The minimum Gasteiger partial charge on any atom is -0.351 e. The fourth-order valence-corrected chi connectivity index (χ4v) is 3.12. The monoisotopic (exact) mass is 314 g/mol. The predicted molar refractivity (Wildman–Crippen MR) is 88.6 cm³/mol. The van der Waals surface area contributed by atoms with E-state index >= 15 is 0 Å². The van der Waals surface area contributed by atoms with Crippen molar-refractivity contribution in [3.8, 4) is 0 Å². The molecule has 1 heterocycles. The topological polar surface area (TPSA) is 41.1 Å². The number of rotatable bonds is 4. The van der Waals surface area contributed by atoms with Gasteiger partial charge in [-0.15, -0.1) is 24.2 Å². The summed E-state index contributed by atoms with van der Waals surface area (Å²) in [6, 6.07) is 10.4. The van der Waals surface area contributed by atoms with Gasteiger partial charge in [-0.25, -0.2) is 0 Å². The van der Waals surface area contributed by atoms with Crippen molar-refractivity contribution in [2.24, 2.45) is 0 Å². The average Bonchev–Trinajstić information content (AvgIpc) is 2.93. The summed E-state index contributed by atoms with van der Waals surface area (Å²) in [7, 11) is 0. The quantitative estimate of drug-likeness (QED) is 0.897. The third kappa shape index (κ3) is 3.90. The number of halogens is 1. The van der Waals surface area contributed by atoms with Gasteiger partial charge in [0.2, 0.25) is 5.91 Å². The Morgan fingerprint density at radius 2 is 2.05 bits per heavy atom. The molecule has 1 amide bonds. The summed E-state index contributed by atoms with van der Waals surface area (Å²) in [5.41, 5.74) is 1.17. The summed E-state index contributed by atoms with van der Waals surface area (Å²) in [6.45, 7) is 6.42. The molecule has 2 unspecified atom stereocenters. The van der Waals surface area contributed by atoms with E-state index in [1.807, 2.05) is 18.2 Å². The molecule has 5 heteroatoms. The molecule has 112 valence electrons. The zero-order valence-electron chi connectivity index (χ0n) is 12.2. The third-order valence-corrected chi connectivity index (χ3v) is 4.93. The van der Waals surface area contributed by atoms with Crippen molar-refractivity contribution in [3.63, 3.8) is 0 Å². The van der Waals surface area contributed by atoms with Gasteiger partial charge < -0.3 is 5.32 Å². The van der Waals surface area contributed by atoms with E-state index in [4.69, 9.17) is 0 Å². The first-order valence-corrected chi connectivity index (χ1v) is 7.84. The van der Waals surface area contributed by atoms with Crippen LogP contribution in [0.2, 0.25) is 0 Å². The molecule has 0 saturated carbocycles. The van der Waals surface area contributed by atoms with Crippen LogP contribution < -0.4 is 10.6 Å². The van der Waals surface area contributed by atoms with Crippen LogP contribution in [0.5, 0.6) is 0 Å². The number of carbonyl (C=O) groups excluding carboxylic acids is 1.